The number of benzene rings is 2. The highest BCUT2D eigenvalue weighted by molar-refractivity contribution is 6.09. The second-order valence-corrected chi connectivity index (χ2v) is 5.46. The summed E-state index contributed by atoms with van der Waals surface area (Å²) in [6.45, 7) is 1.55. The van der Waals surface area contributed by atoms with Crippen molar-refractivity contribution in [3.8, 4) is 0 Å². The van der Waals surface area contributed by atoms with Crippen molar-refractivity contribution < 1.29 is 19.2 Å². The van der Waals surface area contributed by atoms with Gasteiger partial charge in [0.05, 0.1) is 23.4 Å². The average Bonchev–Trinajstić information content (AvgIpc) is 2.70. The topological polar surface area (TPSA) is 123 Å². The molecule has 9 heteroatoms. The number of carbonyl (C=O) groups excluding carboxylic acids is 2. The van der Waals surface area contributed by atoms with Gasteiger partial charge in [-0.2, -0.15) is 5.10 Å². The minimum Gasteiger partial charge on any atom is -0.467 e. The molecule has 0 aromatic heterocycles. The van der Waals surface area contributed by atoms with Gasteiger partial charge >= 0.3 is 5.97 Å². The number of hydrazone groups is 1. The number of nitro groups is 1. The third-order valence-corrected chi connectivity index (χ3v) is 3.61. The lowest BCUT2D eigenvalue weighted by atomic mass is 10.1. The molecule has 9 nitrogen and oxygen atoms in total. The lowest BCUT2D eigenvalue weighted by Gasteiger charge is -2.16. The van der Waals surface area contributed by atoms with E-state index in [1.807, 2.05) is 0 Å². The number of methoxy groups -OCH3 is 1. The largest absolute Gasteiger partial charge is 0.467 e. The third kappa shape index (κ3) is 5.36. The van der Waals surface area contributed by atoms with Gasteiger partial charge in [-0.1, -0.05) is 18.2 Å². The van der Waals surface area contributed by atoms with Crippen LogP contribution in [0.3, 0.4) is 0 Å². The van der Waals surface area contributed by atoms with E-state index >= 15 is 0 Å². The van der Waals surface area contributed by atoms with Crippen LogP contribution in [-0.2, 0) is 9.53 Å². The van der Waals surface area contributed by atoms with E-state index in [1.165, 1.54) is 31.4 Å². The first kappa shape index (κ1) is 19.6. The maximum absolute atomic E-state index is 12.3. The first-order chi connectivity index (χ1) is 12.9. The van der Waals surface area contributed by atoms with Crippen LogP contribution in [0.2, 0.25) is 0 Å². The number of non-ortho nitro benzene ring substituents is 1. The molecule has 0 radical (unpaired) electrons. The van der Waals surface area contributed by atoms with Gasteiger partial charge in [0.15, 0.2) is 6.04 Å². The number of nitrogens with one attached hydrogen (secondary N) is 2. The van der Waals surface area contributed by atoms with Crippen LogP contribution in [0.1, 0.15) is 17.3 Å². The molecule has 0 aliphatic rings. The predicted octanol–water partition coefficient (Wildman–Crippen LogP) is 2.35. The Labute approximate surface area is 155 Å². The van der Waals surface area contributed by atoms with E-state index in [4.69, 9.17) is 4.74 Å². The molecule has 0 heterocycles. The van der Waals surface area contributed by atoms with E-state index < -0.39 is 22.8 Å². The van der Waals surface area contributed by atoms with Crippen molar-refractivity contribution >= 4 is 29.0 Å². The molecular weight excluding hydrogens is 352 g/mol. The molecule has 1 unspecified atom stereocenters. The number of carbonyl (C=O) groups is 2. The van der Waals surface area contributed by atoms with Crippen molar-refractivity contribution in [1.29, 1.82) is 0 Å². The average molecular weight is 370 g/mol. The van der Waals surface area contributed by atoms with Crippen LogP contribution in [0.5, 0.6) is 0 Å². The third-order valence-electron chi connectivity index (χ3n) is 3.61. The number of nitro benzene ring substituents is 1. The molecule has 0 saturated carbocycles. The Morgan fingerprint density at radius 1 is 1.11 bits per heavy atom. The Balaban J connectivity index is 2.12. The molecule has 140 valence electrons. The van der Waals surface area contributed by atoms with Gasteiger partial charge in [0, 0.05) is 17.7 Å². The van der Waals surface area contributed by atoms with Crippen molar-refractivity contribution in [1.82, 2.24) is 5.32 Å². The zero-order valence-electron chi connectivity index (χ0n) is 14.7. The minimum absolute atomic E-state index is 0.0520. The molecule has 2 aromatic rings. The van der Waals surface area contributed by atoms with Gasteiger partial charge in [-0.25, -0.2) is 4.79 Å². The highest BCUT2D eigenvalue weighted by atomic mass is 16.6. The number of nitrogens with zero attached hydrogens (tertiary/aromatic N) is 2. The van der Waals surface area contributed by atoms with Gasteiger partial charge < -0.3 is 10.1 Å². The summed E-state index contributed by atoms with van der Waals surface area (Å²) in [6.07, 6.45) is 0. The maximum atomic E-state index is 12.3. The summed E-state index contributed by atoms with van der Waals surface area (Å²) in [5, 5.41) is 17.3. The monoisotopic (exact) mass is 370 g/mol. The molecule has 0 bridgehead atoms. The van der Waals surface area contributed by atoms with Crippen LogP contribution in [0.15, 0.2) is 59.7 Å². The zero-order chi connectivity index (χ0) is 19.8. The van der Waals surface area contributed by atoms with Crippen LogP contribution >= 0.6 is 0 Å². The maximum Gasteiger partial charge on any atom is 0.334 e. The Morgan fingerprint density at radius 2 is 1.74 bits per heavy atom. The molecule has 0 aliphatic carbocycles. The lowest BCUT2D eigenvalue weighted by Crippen LogP contribution is -2.46. The summed E-state index contributed by atoms with van der Waals surface area (Å²) in [5.41, 5.74) is 3.77. The molecule has 0 aliphatic heterocycles. The minimum atomic E-state index is -1.09. The first-order valence-electron chi connectivity index (χ1n) is 7.90. The Kier molecular flexibility index (Phi) is 6.59. The van der Waals surface area contributed by atoms with Crippen LogP contribution in [0.25, 0.3) is 0 Å². The van der Waals surface area contributed by atoms with Gasteiger partial charge in [0.2, 0.25) is 0 Å². The van der Waals surface area contributed by atoms with E-state index in [0.29, 0.717) is 11.3 Å². The summed E-state index contributed by atoms with van der Waals surface area (Å²) in [4.78, 5) is 34.5. The number of amides is 1. The number of rotatable bonds is 7. The Hall–Kier alpha value is -3.75. The first-order valence-corrected chi connectivity index (χ1v) is 7.90. The highest BCUT2D eigenvalue weighted by Gasteiger charge is 2.25. The second kappa shape index (κ2) is 9.09. The number of hydrogen-bond donors (Lipinski definition) is 2. The molecule has 0 saturated heterocycles. The summed E-state index contributed by atoms with van der Waals surface area (Å²) < 4.78 is 4.73. The van der Waals surface area contributed by atoms with Gasteiger partial charge in [-0.15, -0.1) is 0 Å². The molecule has 1 amide bonds. The summed E-state index contributed by atoms with van der Waals surface area (Å²) in [6, 6.07) is 12.9. The van der Waals surface area contributed by atoms with Gasteiger partial charge in [-0.3, -0.25) is 20.3 Å². The van der Waals surface area contributed by atoms with Crippen molar-refractivity contribution in [2.24, 2.45) is 5.10 Å². The normalized spacial score (nSPS) is 12.0. The van der Waals surface area contributed by atoms with E-state index in [1.54, 1.807) is 37.3 Å². The van der Waals surface area contributed by atoms with Crippen molar-refractivity contribution in [2.75, 3.05) is 12.5 Å². The Bertz CT molecular complexity index is 850. The van der Waals surface area contributed by atoms with E-state index in [9.17, 15) is 19.7 Å². The van der Waals surface area contributed by atoms with Crippen LogP contribution < -0.4 is 10.7 Å². The standard InChI is InChI=1S/C18H18N4O5/c1-12(20-21-14-8-10-15(11-9-14)22(25)26)16(18(24)27-2)19-17(23)13-6-4-3-5-7-13/h3-11,16,21H,1-2H3,(H,19,23). The molecule has 27 heavy (non-hydrogen) atoms. The fourth-order valence-electron chi connectivity index (χ4n) is 2.13. The Morgan fingerprint density at radius 3 is 2.30 bits per heavy atom. The van der Waals surface area contributed by atoms with Crippen LogP contribution in [0, 0.1) is 10.1 Å². The number of hydrogen-bond acceptors (Lipinski definition) is 7. The van der Waals surface area contributed by atoms with Gasteiger partial charge in [0.25, 0.3) is 11.6 Å². The molecule has 2 rings (SSSR count). The molecule has 2 N–H and O–H groups in total. The molecule has 0 fully saturated rings. The van der Waals surface area contributed by atoms with E-state index in [0.717, 1.165) is 0 Å². The molecule has 2 aromatic carbocycles. The smallest absolute Gasteiger partial charge is 0.334 e. The fourth-order valence-corrected chi connectivity index (χ4v) is 2.13. The summed E-state index contributed by atoms with van der Waals surface area (Å²) >= 11 is 0. The number of esters is 1. The summed E-state index contributed by atoms with van der Waals surface area (Å²) in [7, 11) is 1.21. The predicted molar refractivity (Wildman–Crippen MR) is 99.5 cm³/mol. The quantitative estimate of drug-likeness (QED) is 0.334. The van der Waals surface area contributed by atoms with Crippen molar-refractivity contribution in [3.05, 3.63) is 70.3 Å². The highest BCUT2D eigenvalue weighted by Crippen LogP contribution is 2.15. The van der Waals surface area contributed by atoms with Crippen LogP contribution in [0.4, 0.5) is 11.4 Å². The molecular formula is C18H18N4O5. The summed E-state index contributed by atoms with van der Waals surface area (Å²) in [5.74, 6) is -1.12. The van der Waals surface area contributed by atoms with E-state index in [-0.39, 0.29) is 11.4 Å². The van der Waals surface area contributed by atoms with Crippen molar-refractivity contribution in [3.63, 3.8) is 0 Å². The van der Waals surface area contributed by atoms with Gasteiger partial charge in [-0.05, 0) is 31.2 Å². The van der Waals surface area contributed by atoms with E-state index in [2.05, 4.69) is 15.8 Å². The fraction of sp³-hybridized carbons (Fsp3) is 0.167. The molecule has 1 atom stereocenters. The zero-order valence-corrected chi connectivity index (χ0v) is 14.7. The van der Waals surface area contributed by atoms with Gasteiger partial charge in [0.1, 0.15) is 0 Å². The van der Waals surface area contributed by atoms with Crippen molar-refractivity contribution in [2.45, 2.75) is 13.0 Å². The SMILES string of the molecule is COC(=O)C(NC(=O)c1ccccc1)C(C)=NNc1ccc([N+](=O)[O-])cc1. The second-order valence-electron chi connectivity index (χ2n) is 5.46. The number of ether oxygens (including phenoxy) is 1. The lowest BCUT2D eigenvalue weighted by molar-refractivity contribution is -0.384. The number of anilines is 1. The van der Waals surface area contributed by atoms with Crippen LogP contribution in [-0.4, -0.2) is 35.7 Å². The molecule has 0 spiro atoms.